The zero-order chi connectivity index (χ0) is 9.26. The molecule has 0 atom stereocenters. The zero-order valence-corrected chi connectivity index (χ0v) is 8.67. The van der Waals surface area contributed by atoms with Gasteiger partial charge in [-0.05, 0) is 35.0 Å². The molecule has 0 saturated carbocycles. The van der Waals surface area contributed by atoms with Crippen molar-refractivity contribution < 1.29 is 0 Å². The van der Waals surface area contributed by atoms with Crippen LogP contribution < -0.4 is 0 Å². The second kappa shape index (κ2) is 3.30. The van der Waals surface area contributed by atoms with Crippen LogP contribution in [0.1, 0.15) is 5.69 Å². The van der Waals surface area contributed by atoms with Crippen molar-refractivity contribution in [1.82, 2.24) is 15.2 Å². The molecule has 0 amide bonds. The second-order valence-corrected chi connectivity index (χ2v) is 3.74. The van der Waals surface area contributed by atoms with Gasteiger partial charge in [0.15, 0.2) is 0 Å². The minimum Gasteiger partial charge on any atom is -0.282 e. The topological polar surface area (TPSA) is 41.6 Å². The Labute approximate surface area is 84.3 Å². The Morgan fingerprint density at radius 2 is 2.15 bits per heavy atom. The number of aryl methyl sites for hydroxylation is 1. The van der Waals surface area contributed by atoms with Gasteiger partial charge >= 0.3 is 0 Å². The molecule has 0 unspecified atom stereocenters. The Hall–Kier alpha value is -1.16. The van der Waals surface area contributed by atoms with Crippen LogP contribution in [-0.4, -0.2) is 15.2 Å². The molecular formula is C9H8BrN3. The van der Waals surface area contributed by atoms with Crippen LogP contribution in [-0.2, 0) is 0 Å². The van der Waals surface area contributed by atoms with Crippen LogP contribution in [0.15, 0.2) is 29.0 Å². The van der Waals surface area contributed by atoms with Crippen molar-refractivity contribution in [3.05, 3.63) is 34.7 Å². The van der Waals surface area contributed by atoms with E-state index >= 15 is 0 Å². The minimum absolute atomic E-state index is 0.923. The number of halogens is 1. The molecule has 0 aliphatic rings. The van der Waals surface area contributed by atoms with Gasteiger partial charge in [0, 0.05) is 28.1 Å². The molecule has 2 aromatic rings. The quantitative estimate of drug-likeness (QED) is 0.829. The summed E-state index contributed by atoms with van der Waals surface area (Å²) in [6, 6.07) is 3.98. The van der Waals surface area contributed by atoms with E-state index in [1.807, 2.05) is 19.1 Å². The normalized spacial score (nSPS) is 10.3. The van der Waals surface area contributed by atoms with Gasteiger partial charge in [-0.3, -0.25) is 10.1 Å². The Balaban J connectivity index is 2.46. The van der Waals surface area contributed by atoms with Crippen molar-refractivity contribution in [2.45, 2.75) is 6.92 Å². The highest BCUT2D eigenvalue weighted by atomic mass is 79.9. The first kappa shape index (κ1) is 8.44. The van der Waals surface area contributed by atoms with Crippen molar-refractivity contribution >= 4 is 15.9 Å². The molecule has 0 bridgehead atoms. The van der Waals surface area contributed by atoms with Crippen LogP contribution in [0.25, 0.3) is 11.3 Å². The number of H-pyrrole nitrogens is 1. The Kier molecular flexibility index (Phi) is 2.14. The summed E-state index contributed by atoms with van der Waals surface area (Å²) in [6.07, 6.45) is 3.55. The van der Waals surface area contributed by atoms with Gasteiger partial charge in [0.05, 0.1) is 5.69 Å². The maximum atomic E-state index is 4.14. The third-order valence-electron chi connectivity index (χ3n) is 1.71. The van der Waals surface area contributed by atoms with Gasteiger partial charge in [-0.25, -0.2) is 0 Å². The highest BCUT2D eigenvalue weighted by Crippen LogP contribution is 2.19. The standard InChI is InChI=1S/C9H8BrN3/c1-6-2-9(13-12-6)7-3-8(10)5-11-4-7/h2-5H,1H3,(H,12,13). The molecule has 2 aromatic heterocycles. The predicted octanol–water partition coefficient (Wildman–Crippen LogP) is 2.54. The van der Waals surface area contributed by atoms with E-state index in [0.717, 1.165) is 21.4 Å². The Morgan fingerprint density at radius 1 is 1.31 bits per heavy atom. The average molecular weight is 238 g/mol. The van der Waals surface area contributed by atoms with Crippen LogP contribution in [0.4, 0.5) is 0 Å². The summed E-state index contributed by atoms with van der Waals surface area (Å²) in [5, 5.41) is 7.03. The molecule has 0 spiro atoms. The molecule has 0 saturated heterocycles. The molecular weight excluding hydrogens is 230 g/mol. The largest absolute Gasteiger partial charge is 0.282 e. The van der Waals surface area contributed by atoms with Gasteiger partial charge < -0.3 is 0 Å². The summed E-state index contributed by atoms with van der Waals surface area (Å²) in [7, 11) is 0. The number of nitrogens with one attached hydrogen (secondary N) is 1. The first-order valence-corrected chi connectivity index (χ1v) is 4.68. The molecule has 0 aliphatic heterocycles. The number of nitrogens with zero attached hydrogens (tertiary/aromatic N) is 2. The number of aromatic amines is 1. The first-order chi connectivity index (χ1) is 6.25. The van der Waals surface area contributed by atoms with Crippen LogP contribution >= 0.6 is 15.9 Å². The van der Waals surface area contributed by atoms with Gasteiger partial charge in [0.1, 0.15) is 0 Å². The molecule has 0 radical (unpaired) electrons. The Morgan fingerprint density at radius 3 is 2.77 bits per heavy atom. The van der Waals surface area contributed by atoms with Gasteiger partial charge in [-0.15, -0.1) is 0 Å². The van der Waals surface area contributed by atoms with E-state index in [4.69, 9.17) is 0 Å². The summed E-state index contributed by atoms with van der Waals surface area (Å²) in [4.78, 5) is 4.07. The summed E-state index contributed by atoms with van der Waals surface area (Å²) in [5.41, 5.74) is 2.99. The summed E-state index contributed by atoms with van der Waals surface area (Å²) < 4.78 is 0.964. The van der Waals surface area contributed by atoms with Crippen molar-refractivity contribution in [2.75, 3.05) is 0 Å². The molecule has 1 N–H and O–H groups in total. The molecule has 0 fully saturated rings. The fourth-order valence-corrected chi connectivity index (χ4v) is 1.48. The van der Waals surface area contributed by atoms with E-state index in [0.29, 0.717) is 0 Å². The lowest BCUT2D eigenvalue weighted by molar-refractivity contribution is 1.05. The minimum atomic E-state index is 0.923. The van der Waals surface area contributed by atoms with E-state index in [-0.39, 0.29) is 0 Å². The molecule has 0 aliphatic carbocycles. The van der Waals surface area contributed by atoms with Crippen LogP contribution in [0, 0.1) is 6.92 Å². The molecule has 2 heterocycles. The smallest absolute Gasteiger partial charge is 0.0939 e. The number of hydrogen-bond donors (Lipinski definition) is 1. The van der Waals surface area contributed by atoms with Crippen LogP contribution in [0.3, 0.4) is 0 Å². The average Bonchev–Trinajstić information content (AvgIpc) is 2.52. The third-order valence-corrected chi connectivity index (χ3v) is 2.14. The summed E-state index contributed by atoms with van der Waals surface area (Å²) in [6.45, 7) is 1.97. The van der Waals surface area contributed by atoms with E-state index < -0.39 is 0 Å². The van der Waals surface area contributed by atoms with Crippen molar-refractivity contribution in [3.8, 4) is 11.3 Å². The van der Waals surface area contributed by atoms with Crippen molar-refractivity contribution in [1.29, 1.82) is 0 Å². The maximum Gasteiger partial charge on any atom is 0.0939 e. The number of hydrogen-bond acceptors (Lipinski definition) is 2. The van der Waals surface area contributed by atoms with Crippen molar-refractivity contribution in [2.24, 2.45) is 0 Å². The second-order valence-electron chi connectivity index (χ2n) is 2.83. The summed E-state index contributed by atoms with van der Waals surface area (Å²) in [5.74, 6) is 0. The zero-order valence-electron chi connectivity index (χ0n) is 7.08. The van der Waals surface area contributed by atoms with Gasteiger partial charge in [0.25, 0.3) is 0 Å². The summed E-state index contributed by atoms with van der Waals surface area (Å²) >= 11 is 3.37. The lowest BCUT2D eigenvalue weighted by Gasteiger charge is -1.94. The fraction of sp³-hybridized carbons (Fsp3) is 0.111. The molecule has 66 valence electrons. The molecule has 13 heavy (non-hydrogen) atoms. The molecule has 0 aromatic carbocycles. The highest BCUT2D eigenvalue weighted by molar-refractivity contribution is 9.10. The van der Waals surface area contributed by atoms with Crippen LogP contribution in [0.5, 0.6) is 0 Å². The fourth-order valence-electron chi connectivity index (χ4n) is 1.12. The third kappa shape index (κ3) is 1.78. The van der Waals surface area contributed by atoms with Gasteiger partial charge in [-0.2, -0.15) is 5.10 Å². The molecule has 4 heteroatoms. The Bertz CT molecular complexity index is 422. The predicted molar refractivity (Wildman–Crippen MR) is 54.3 cm³/mol. The van der Waals surface area contributed by atoms with E-state index in [1.165, 1.54) is 0 Å². The van der Waals surface area contributed by atoms with Crippen LogP contribution in [0.2, 0.25) is 0 Å². The lowest BCUT2D eigenvalue weighted by Crippen LogP contribution is -1.79. The first-order valence-electron chi connectivity index (χ1n) is 3.88. The lowest BCUT2D eigenvalue weighted by atomic mass is 10.2. The van der Waals surface area contributed by atoms with E-state index in [2.05, 4.69) is 31.1 Å². The number of pyridine rings is 1. The van der Waals surface area contributed by atoms with Gasteiger partial charge in [0.2, 0.25) is 0 Å². The monoisotopic (exact) mass is 237 g/mol. The SMILES string of the molecule is Cc1cc(-c2cncc(Br)c2)n[nH]1. The van der Waals surface area contributed by atoms with E-state index in [9.17, 15) is 0 Å². The molecule has 3 nitrogen and oxygen atoms in total. The number of aromatic nitrogens is 3. The van der Waals surface area contributed by atoms with E-state index in [1.54, 1.807) is 12.4 Å². The maximum absolute atomic E-state index is 4.14. The van der Waals surface area contributed by atoms with Crippen molar-refractivity contribution in [3.63, 3.8) is 0 Å². The molecule has 2 rings (SSSR count). The highest BCUT2D eigenvalue weighted by Gasteiger charge is 2.01. The number of rotatable bonds is 1. The van der Waals surface area contributed by atoms with Gasteiger partial charge in [-0.1, -0.05) is 0 Å².